The van der Waals surface area contributed by atoms with Crippen LogP contribution in [0.5, 0.6) is 5.75 Å². The lowest BCUT2D eigenvalue weighted by Crippen LogP contribution is -2.60. The Morgan fingerprint density at radius 2 is 1.70 bits per heavy atom. The first-order valence-corrected chi connectivity index (χ1v) is 12.3. The standard InChI is InChI=1S/C28H26N2O7/c1-3-33-25(31)27(26(32)34-4-2)22(21-14-9-15-35-21)23-24(30-27)17-10-5-8-13-20(17)37-28(23)18-11-6-7-12-19(18)29-16-36-28/h5-16,22-24,30H,3-4H2,1-2H3/t22-,23-,24-,28+/m1/s1. The molecule has 0 unspecified atom stereocenters. The van der Waals surface area contributed by atoms with Crippen LogP contribution in [-0.4, -0.2) is 37.1 Å². The summed E-state index contributed by atoms with van der Waals surface area (Å²) >= 11 is 0. The van der Waals surface area contributed by atoms with E-state index in [0.717, 1.165) is 5.56 Å². The van der Waals surface area contributed by atoms with Gasteiger partial charge in [-0.05, 0) is 44.2 Å². The Bertz CT molecular complexity index is 1350. The Kier molecular flexibility index (Phi) is 5.52. The lowest BCUT2D eigenvalue weighted by molar-refractivity contribution is -0.193. The zero-order valence-electron chi connectivity index (χ0n) is 20.4. The van der Waals surface area contributed by atoms with Gasteiger partial charge in [-0.15, -0.1) is 0 Å². The summed E-state index contributed by atoms with van der Waals surface area (Å²) in [7, 11) is 0. The van der Waals surface area contributed by atoms with Crippen LogP contribution in [0.15, 0.2) is 76.3 Å². The number of esters is 2. The molecular weight excluding hydrogens is 476 g/mol. The van der Waals surface area contributed by atoms with E-state index in [2.05, 4.69) is 10.3 Å². The number of furan rings is 1. The van der Waals surface area contributed by atoms with E-state index < -0.39 is 41.1 Å². The van der Waals surface area contributed by atoms with Gasteiger partial charge in [0.1, 0.15) is 11.5 Å². The molecule has 4 heterocycles. The number of nitrogens with zero attached hydrogens (tertiary/aromatic N) is 1. The molecule has 9 heteroatoms. The third-order valence-electron chi connectivity index (χ3n) is 7.27. The van der Waals surface area contributed by atoms with Gasteiger partial charge in [-0.1, -0.05) is 30.3 Å². The minimum Gasteiger partial charge on any atom is -0.469 e. The van der Waals surface area contributed by atoms with Crippen molar-refractivity contribution in [2.24, 2.45) is 10.9 Å². The molecule has 9 nitrogen and oxygen atoms in total. The van der Waals surface area contributed by atoms with Crippen molar-refractivity contribution < 1.29 is 33.0 Å². The van der Waals surface area contributed by atoms with Crippen LogP contribution in [0.25, 0.3) is 0 Å². The number of hydrogen-bond acceptors (Lipinski definition) is 9. The largest absolute Gasteiger partial charge is 0.469 e. The number of rotatable bonds is 5. The molecule has 37 heavy (non-hydrogen) atoms. The molecule has 3 aromatic rings. The van der Waals surface area contributed by atoms with Crippen LogP contribution in [0.3, 0.4) is 0 Å². The molecule has 0 radical (unpaired) electrons. The zero-order chi connectivity index (χ0) is 25.6. The first-order valence-electron chi connectivity index (χ1n) is 12.3. The molecular formula is C28H26N2O7. The first kappa shape index (κ1) is 23.3. The predicted octanol–water partition coefficient (Wildman–Crippen LogP) is 4.12. The van der Waals surface area contributed by atoms with Crippen molar-refractivity contribution in [3.05, 3.63) is 83.8 Å². The van der Waals surface area contributed by atoms with Gasteiger partial charge in [0, 0.05) is 11.6 Å². The third-order valence-corrected chi connectivity index (χ3v) is 7.27. The Morgan fingerprint density at radius 3 is 2.43 bits per heavy atom. The molecule has 1 saturated heterocycles. The van der Waals surface area contributed by atoms with Crippen molar-refractivity contribution in [3.8, 4) is 5.75 Å². The van der Waals surface area contributed by atoms with E-state index >= 15 is 0 Å². The maximum Gasteiger partial charge on any atom is 0.338 e. The van der Waals surface area contributed by atoms with Gasteiger partial charge in [0.25, 0.3) is 5.79 Å². The Morgan fingerprint density at radius 1 is 0.973 bits per heavy atom. The number of nitrogens with one attached hydrogen (secondary N) is 1. The van der Waals surface area contributed by atoms with Crippen molar-refractivity contribution in [2.75, 3.05) is 13.2 Å². The minimum absolute atomic E-state index is 0.0755. The molecule has 6 rings (SSSR count). The molecule has 1 N–H and O–H groups in total. The highest BCUT2D eigenvalue weighted by Crippen LogP contribution is 2.63. The van der Waals surface area contributed by atoms with E-state index in [1.807, 2.05) is 48.5 Å². The van der Waals surface area contributed by atoms with Crippen LogP contribution in [0.4, 0.5) is 5.69 Å². The highest BCUT2D eigenvalue weighted by Gasteiger charge is 2.74. The van der Waals surface area contributed by atoms with Crippen molar-refractivity contribution in [1.29, 1.82) is 0 Å². The monoisotopic (exact) mass is 502 g/mol. The number of fused-ring (bicyclic) bond motifs is 6. The summed E-state index contributed by atoms with van der Waals surface area (Å²) in [5.41, 5.74) is 0.173. The maximum absolute atomic E-state index is 13.8. The van der Waals surface area contributed by atoms with Crippen LogP contribution in [0, 0.1) is 5.92 Å². The molecule has 1 spiro atoms. The van der Waals surface area contributed by atoms with Gasteiger partial charge >= 0.3 is 11.9 Å². The van der Waals surface area contributed by atoms with Crippen LogP contribution in [0.2, 0.25) is 0 Å². The van der Waals surface area contributed by atoms with Gasteiger partial charge in [-0.3, -0.25) is 5.32 Å². The van der Waals surface area contributed by atoms with Gasteiger partial charge < -0.3 is 23.4 Å². The van der Waals surface area contributed by atoms with E-state index in [0.29, 0.717) is 22.8 Å². The smallest absolute Gasteiger partial charge is 0.338 e. The number of benzene rings is 2. The Balaban J connectivity index is 1.66. The molecule has 2 aromatic carbocycles. The highest BCUT2D eigenvalue weighted by molar-refractivity contribution is 6.07. The fourth-order valence-corrected chi connectivity index (χ4v) is 5.90. The Labute approximate surface area is 213 Å². The van der Waals surface area contributed by atoms with E-state index in [4.69, 9.17) is 23.4 Å². The fraction of sp³-hybridized carbons (Fsp3) is 0.321. The van der Waals surface area contributed by atoms with E-state index in [1.165, 1.54) is 12.7 Å². The summed E-state index contributed by atoms with van der Waals surface area (Å²) in [5, 5.41) is 3.36. The van der Waals surface area contributed by atoms with Gasteiger partial charge in [0.15, 0.2) is 6.40 Å². The molecule has 190 valence electrons. The van der Waals surface area contributed by atoms with E-state index in [9.17, 15) is 9.59 Å². The van der Waals surface area contributed by atoms with Gasteiger partial charge in [-0.2, -0.15) is 0 Å². The molecule has 3 aliphatic rings. The van der Waals surface area contributed by atoms with Crippen LogP contribution in [0.1, 0.15) is 42.7 Å². The molecule has 1 fully saturated rings. The number of aliphatic imine (C=N–C) groups is 1. The molecule has 4 atom stereocenters. The predicted molar refractivity (Wildman–Crippen MR) is 131 cm³/mol. The minimum atomic E-state index is -1.93. The second-order valence-corrected chi connectivity index (χ2v) is 9.07. The lowest BCUT2D eigenvalue weighted by atomic mass is 9.69. The SMILES string of the molecule is CCOC(=O)C1(C(=O)OCC)N[C@@H]2c3ccccc3O[C@]3(OC=Nc4ccccc43)[C@@H]2[C@H]1c1ccco1. The molecule has 3 aliphatic heterocycles. The Hall–Kier alpha value is -4.11. The second-order valence-electron chi connectivity index (χ2n) is 9.07. The average molecular weight is 503 g/mol. The quantitative estimate of drug-likeness (QED) is 0.410. The number of ether oxygens (including phenoxy) is 4. The van der Waals surface area contributed by atoms with Gasteiger partial charge in [0.2, 0.25) is 5.54 Å². The number of carbonyl (C=O) groups is 2. The molecule has 0 amide bonds. The molecule has 0 saturated carbocycles. The van der Waals surface area contributed by atoms with Crippen molar-refractivity contribution in [2.45, 2.75) is 37.1 Å². The van der Waals surface area contributed by atoms with E-state index in [-0.39, 0.29) is 13.2 Å². The maximum atomic E-state index is 13.8. The summed E-state index contributed by atoms with van der Waals surface area (Å²) in [6.45, 7) is 3.53. The first-order chi connectivity index (χ1) is 18.1. The summed E-state index contributed by atoms with van der Waals surface area (Å²) in [6, 6.07) is 17.8. The van der Waals surface area contributed by atoms with Crippen molar-refractivity contribution in [1.82, 2.24) is 5.32 Å². The molecule has 0 bridgehead atoms. The summed E-state index contributed by atoms with van der Waals surface area (Å²) in [6.07, 6.45) is 2.85. The third kappa shape index (κ3) is 3.23. The lowest BCUT2D eigenvalue weighted by Gasteiger charge is -2.47. The summed E-state index contributed by atoms with van der Waals surface area (Å²) < 4.78 is 29.9. The van der Waals surface area contributed by atoms with Gasteiger partial charge in [0.05, 0.1) is 42.6 Å². The number of hydrogen-bond donors (Lipinski definition) is 1. The number of carbonyl (C=O) groups excluding carboxylic acids is 2. The van der Waals surface area contributed by atoms with Gasteiger partial charge in [-0.25, -0.2) is 14.6 Å². The van der Waals surface area contributed by atoms with Crippen LogP contribution < -0.4 is 10.1 Å². The molecule has 1 aromatic heterocycles. The average Bonchev–Trinajstić information content (AvgIpc) is 3.57. The van der Waals surface area contributed by atoms with Crippen molar-refractivity contribution in [3.63, 3.8) is 0 Å². The normalized spacial score (nSPS) is 26.3. The topological polar surface area (TPSA) is 109 Å². The van der Waals surface area contributed by atoms with Crippen LogP contribution in [-0.2, 0) is 29.6 Å². The van der Waals surface area contributed by atoms with Crippen molar-refractivity contribution >= 4 is 24.0 Å². The zero-order valence-corrected chi connectivity index (χ0v) is 20.4. The second kappa shape index (κ2) is 8.77. The fourth-order valence-electron chi connectivity index (χ4n) is 5.90. The van der Waals surface area contributed by atoms with Crippen LogP contribution >= 0.6 is 0 Å². The molecule has 0 aliphatic carbocycles. The summed E-state index contributed by atoms with van der Waals surface area (Å²) in [4.78, 5) is 32.1. The van der Waals surface area contributed by atoms with E-state index in [1.54, 1.807) is 26.0 Å². The number of para-hydroxylation sites is 2. The summed E-state index contributed by atoms with van der Waals surface area (Å²) in [5.74, 6) is -3.59. The highest BCUT2D eigenvalue weighted by atomic mass is 16.7.